The molecule has 2 rings (SSSR count). The largest absolute Gasteiger partial charge is 0.481 e. The smallest absolute Gasteiger partial charge is 0.306 e. The van der Waals surface area contributed by atoms with Crippen LogP contribution in [0, 0.1) is 16.0 Å². The summed E-state index contributed by atoms with van der Waals surface area (Å²) in [6.07, 6.45) is 1.32. The standard InChI is InChI=1S/C14H18N2O4/c1-10(11-2-4-13(5-3-11)16(19)20)15-8-6-12(7-9-15)14(17)18/h2-5,10,12H,6-9H2,1H3,(H,17,18). The minimum Gasteiger partial charge on any atom is -0.481 e. The zero-order valence-electron chi connectivity index (χ0n) is 11.4. The van der Waals surface area contributed by atoms with Crippen molar-refractivity contribution in [2.75, 3.05) is 13.1 Å². The van der Waals surface area contributed by atoms with Gasteiger partial charge in [0.25, 0.3) is 5.69 Å². The van der Waals surface area contributed by atoms with Crippen molar-refractivity contribution in [3.8, 4) is 0 Å². The van der Waals surface area contributed by atoms with E-state index in [2.05, 4.69) is 4.90 Å². The molecule has 108 valence electrons. The van der Waals surface area contributed by atoms with Crippen molar-refractivity contribution in [1.82, 2.24) is 4.90 Å². The van der Waals surface area contributed by atoms with Gasteiger partial charge in [0.2, 0.25) is 0 Å². The maximum Gasteiger partial charge on any atom is 0.306 e. The van der Waals surface area contributed by atoms with Crippen molar-refractivity contribution in [2.24, 2.45) is 5.92 Å². The van der Waals surface area contributed by atoms with E-state index >= 15 is 0 Å². The second-order valence-electron chi connectivity index (χ2n) is 5.17. The van der Waals surface area contributed by atoms with Gasteiger partial charge in [-0.05, 0) is 38.4 Å². The first-order chi connectivity index (χ1) is 9.49. The van der Waals surface area contributed by atoms with Crippen LogP contribution in [0.3, 0.4) is 0 Å². The number of carbonyl (C=O) groups is 1. The molecule has 1 aliphatic heterocycles. The normalized spacial score (nSPS) is 18.6. The van der Waals surface area contributed by atoms with Gasteiger partial charge in [0.1, 0.15) is 0 Å². The number of hydrogen-bond acceptors (Lipinski definition) is 4. The Balaban J connectivity index is 1.99. The van der Waals surface area contributed by atoms with Gasteiger partial charge in [-0.15, -0.1) is 0 Å². The molecule has 0 saturated carbocycles. The topological polar surface area (TPSA) is 83.7 Å². The molecule has 1 heterocycles. The highest BCUT2D eigenvalue weighted by molar-refractivity contribution is 5.70. The summed E-state index contributed by atoms with van der Waals surface area (Å²) in [5, 5.41) is 19.6. The van der Waals surface area contributed by atoms with Gasteiger partial charge in [0.15, 0.2) is 0 Å². The average Bonchev–Trinajstić information content (AvgIpc) is 2.46. The van der Waals surface area contributed by atoms with E-state index in [4.69, 9.17) is 5.11 Å². The quantitative estimate of drug-likeness (QED) is 0.675. The summed E-state index contributed by atoms with van der Waals surface area (Å²) in [6.45, 7) is 3.53. The lowest BCUT2D eigenvalue weighted by molar-refractivity contribution is -0.384. The molecule has 1 unspecified atom stereocenters. The van der Waals surface area contributed by atoms with Crippen molar-refractivity contribution >= 4 is 11.7 Å². The molecular formula is C14H18N2O4. The predicted molar refractivity (Wildman–Crippen MR) is 73.4 cm³/mol. The van der Waals surface area contributed by atoms with Crippen LogP contribution in [0.5, 0.6) is 0 Å². The van der Waals surface area contributed by atoms with Gasteiger partial charge >= 0.3 is 5.97 Å². The van der Waals surface area contributed by atoms with Gasteiger partial charge in [0, 0.05) is 18.2 Å². The first-order valence-corrected chi connectivity index (χ1v) is 6.70. The van der Waals surface area contributed by atoms with E-state index in [1.165, 1.54) is 12.1 Å². The van der Waals surface area contributed by atoms with Gasteiger partial charge in [-0.3, -0.25) is 19.8 Å². The molecule has 1 aliphatic rings. The Morgan fingerprint density at radius 2 is 1.90 bits per heavy atom. The van der Waals surface area contributed by atoms with Gasteiger partial charge in [-0.1, -0.05) is 12.1 Å². The SMILES string of the molecule is CC(c1ccc([N+](=O)[O-])cc1)N1CCC(C(=O)O)CC1. The van der Waals surface area contributed by atoms with Crippen LogP contribution in [0.15, 0.2) is 24.3 Å². The van der Waals surface area contributed by atoms with Crippen LogP contribution in [-0.4, -0.2) is 34.0 Å². The Bertz CT molecular complexity index is 492. The molecule has 0 bridgehead atoms. The van der Waals surface area contributed by atoms with Crippen molar-refractivity contribution in [2.45, 2.75) is 25.8 Å². The van der Waals surface area contributed by atoms with Crippen LogP contribution >= 0.6 is 0 Å². The molecule has 0 amide bonds. The van der Waals surface area contributed by atoms with Gasteiger partial charge < -0.3 is 5.11 Å². The number of piperidine rings is 1. The number of rotatable bonds is 4. The highest BCUT2D eigenvalue weighted by Gasteiger charge is 2.27. The lowest BCUT2D eigenvalue weighted by Crippen LogP contribution is -2.37. The fraction of sp³-hybridized carbons (Fsp3) is 0.500. The summed E-state index contributed by atoms with van der Waals surface area (Å²) in [5.74, 6) is -0.956. The number of nitro benzene ring substituents is 1. The molecule has 1 atom stereocenters. The number of nitrogens with zero attached hydrogens (tertiary/aromatic N) is 2. The van der Waals surface area contributed by atoms with E-state index in [-0.39, 0.29) is 17.6 Å². The zero-order chi connectivity index (χ0) is 14.7. The molecule has 0 aromatic heterocycles. The number of carboxylic acid groups (broad SMARTS) is 1. The fourth-order valence-electron chi connectivity index (χ4n) is 2.62. The van der Waals surface area contributed by atoms with E-state index in [0.29, 0.717) is 12.8 Å². The van der Waals surface area contributed by atoms with E-state index in [0.717, 1.165) is 18.7 Å². The number of non-ortho nitro benzene ring substituents is 1. The van der Waals surface area contributed by atoms with E-state index in [9.17, 15) is 14.9 Å². The molecule has 6 heteroatoms. The molecular weight excluding hydrogens is 260 g/mol. The summed E-state index contributed by atoms with van der Waals surface area (Å²) in [4.78, 5) is 23.4. The monoisotopic (exact) mass is 278 g/mol. The van der Waals surface area contributed by atoms with Crippen LogP contribution < -0.4 is 0 Å². The Morgan fingerprint density at radius 3 is 2.35 bits per heavy atom. The molecule has 1 saturated heterocycles. The van der Waals surface area contributed by atoms with Gasteiger partial charge in [-0.25, -0.2) is 0 Å². The second-order valence-corrected chi connectivity index (χ2v) is 5.17. The minimum absolute atomic E-state index is 0.0885. The number of aliphatic carboxylic acids is 1. The Kier molecular flexibility index (Phi) is 4.34. The van der Waals surface area contributed by atoms with Crippen LogP contribution in [-0.2, 0) is 4.79 Å². The van der Waals surface area contributed by atoms with Crippen LogP contribution in [0.4, 0.5) is 5.69 Å². The molecule has 0 radical (unpaired) electrons. The number of carboxylic acids is 1. The third-order valence-electron chi connectivity index (χ3n) is 4.01. The van der Waals surface area contributed by atoms with Crippen molar-refractivity contribution in [3.63, 3.8) is 0 Å². The maximum atomic E-state index is 10.9. The molecule has 0 aliphatic carbocycles. The third kappa shape index (κ3) is 3.14. The first kappa shape index (κ1) is 14.5. The number of likely N-dealkylation sites (tertiary alicyclic amines) is 1. The van der Waals surface area contributed by atoms with Crippen molar-refractivity contribution in [1.29, 1.82) is 0 Å². The molecule has 1 aromatic rings. The second kappa shape index (κ2) is 6.00. The number of hydrogen-bond donors (Lipinski definition) is 1. The molecule has 0 spiro atoms. The summed E-state index contributed by atoms with van der Waals surface area (Å²) < 4.78 is 0. The van der Waals surface area contributed by atoms with Crippen LogP contribution in [0.2, 0.25) is 0 Å². The van der Waals surface area contributed by atoms with Gasteiger partial charge in [0.05, 0.1) is 10.8 Å². The first-order valence-electron chi connectivity index (χ1n) is 6.70. The highest BCUT2D eigenvalue weighted by atomic mass is 16.6. The zero-order valence-corrected chi connectivity index (χ0v) is 11.4. The molecule has 1 aromatic carbocycles. The Labute approximate surface area is 117 Å². The van der Waals surface area contributed by atoms with E-state index < -0.39 is 10.9 Å². The van der Waals surface area contributed by atoms with E-state index in [1.807, 2.05) is 6.92 Å². The minimum atomic E-state index is -0.715. The summed E-state index contributed by atoms with van der Waals surface area (Å²) in [7, 11) is 0. The molecule has 6 nitrogen and oxygen atoms in total. The van der Waals surface area contributed by atoms with Crippen molar-refractivity contribution < 1.29 is 14.8 Å². The average molecular weight is 278 g/mol. The van der Waals surface area contributed by atoms with E-state index in [1.54, 1.807) is 12.1 Å². The summed E-state index contributed by atoms with van der Waals surface area (Å²) in [5.41, 5.74) is 1.11. The Morgan fingerprint density at radius 1 is 1.35 bits per heavy atom. The number of nitro groups is 1. The predicted octanol–water partition coefficient (Wildman–Crippen LogP) is 2.45. The third-order valence-corrected chi connectivity index (χ3v) is 4.01. The maximum absolute atomic E-state index is 10.9. The number of benzene rings is 1. The summed E-state index contributed by atoms with van der Waals surface area (Å²) >= 11 is 0. The molecule has 1 fully saturated rings. The van der Waals surface area contributed by atoms with Crippen molar-refractivity contribution in [3.05, 3.63) is 39.9 Å². The summed E-state index contributed by atoms with van der Waals surface area (Å²) in [6, 6.07) is 6.70. The van der Waals surface area contributed by atoms with Crippen LogP contribution in [0.1, 0.15) is 31.4 Å². The van der Waals surface area contributed by atoms with Gasteiger partial charge in [-0.2, -0.15) is 0 Å². The molecule has 1 N–H and O–H groups in total. The van der Waals surface area contributed by atoms with Crippen LogP contribution in [0.25, 0.3) is 0 Å². The lowest BCUT2D eigenvalue weighted by atomic mass is 9.95. The Hall–Kier alpha value is -1.95. The fourth-order valence-corrected chi connectivity index (χ4v) is 2.62. The lowest BCUT2D eigenvalue weighted by Gasteiger charge is -2.34. The highest BCUT2D eigenvalue weighted by Crippen LogP contribution is 2.27. The molecule has 20 heavy (non-hydrogen) atoms.